The van der Waals surface area contributed by atoms with Crippen LogP contribution in [0.5, 0.6) is 0 Å². The molecule has 0 aliphatic carbocycles. The summed E-state index contributed by atoms with van der Waals surface area (Å²) in [6.45, 7) is 4.75. The molecule has 96 valence electrons. The van der Waals surface area contributed by atoms with E-state index in [1.165, 1.54) is 0 Å². The monoisotopic (exact) mass is 239 g/mol. The van der Waals surface area contributed by atoms with Gasteiger partial charge in [0.2, 0.25) is 0 Å². The van der Waals surface area contributed by atoms with Crippen LogP contribution in [0.1, 0.15) is 5.56 Å². The van der Waals surface area contributed by atoms with E-state index in [1.54, 1.807) is 14.2 Å². The number of hydrogen-bond acceptors (Lipinski definition) is 5. The molecule has 0 radical (unpaired) electrons. The number of nitrogen functional groups attached to an aromatic ring is 1. The van der Waals surface area contributed by atoms with Crippen LogP contribution >= 0.6 is 0 Å². The summed E-state index contributed by atoms with van der Waals surface area (Å²) >= 11 is 0. The molecular formula is C12H21N3O2. The summed E-state index contributed by atoms with van der Waals surface area (Å²) in [5.41, 5.74) is 7.73. The summed E-state index contributed by atoms with van der Waals surface area (Å²) in [6, 6.07) is 1.93. The summed E-state index contributed by atoms with van der Waals surface area (Å²) < 4.78 is 10.2. The van der Waals surface area contributed by atoms with Crippen LogP contribution in [-0.2, 0) is 9.47 Å². The van der Waals surface area contributed by atoms with Gasteiger partial charge >= 0.3 is 0 Å². The first kappa shape index (κ1) is 13.7. The molecule has 0 saturated heterocycles. The molecular weight excluding hydrogens is 218 g/mol. The van der Waals surface area contributed by atoms with Crippen LogP contribution in [0.4, 0.5) is 11.5 Å². The Morgan fingerprint density at radius 1 is 1.24 bits per heavy atom. The van der Waals surface area contributed by atoms with E-state index in [-0.39, 0.29) is 0 Å². The van der Waals surface area contributed by atoms with Gasteiger partial charge in [-0.2, -0.15) is 0 Å². The third-order valence-corrected chi connectivity index (χ3v) is 2.46. The molecule has 1 aromatic heterocycles. The quantitative estimate of drug-likeness (QED) is 0.771. The van der Waals surface area contributed by atoms with Crippen LogP contribution in [-0.4, -0.2) is 45.5 Å². The van der Waals surface area contributed by atoms with Gasteiger partial charge in [-0.3, -0.25) is 0 Å². The standard InChI is InChI=1S/C12H21N3O2/c1-10-8-11(13)12(14-9-10)15(4-6-16-2)5-7-17-3/h8-9H,4-7,13H2,1-3H3. The Labute approximate surface area is 103 Å². The number of methoxy groups -OCH3 is 2. The highest BCUT2D eigenvalue weighted by atomic mass is 16.5. The SMILES string of the molecule is COCCN(CCOC)c1ncc(C)cc1N. The number of hydrogen-bond donors (Lipinski definition) is 1. The van der Waals surface area contributed by atoms with Crippen molar-refractivity contribution in [2.24, 2.45) is 0 Å². The zero-order valence-corrected chi connectivity index (χ0v) is 10.8. The zero-order valence-electron chi connectivity index (χ0n) is 10.8. The maximum absolute atomic E-state index is 5.98. The van der Waals surface area contributed by atoms with Crippen LogP contribution in [0.3, 0.4) is 0 Å². The second kappa shape index (κ2) is 7.09. The van der Waals surface area contributed by atoms with Crippen LogP contribution in [0.15, 0.2) is 12.3 Å². The van der Waals surface area contributed by atoms with Crippen molar-refractivity contribution in [2.75, 3.05) is 51.2 Å². The summed E-state index contributed by atoms with van der Waals surface area (Å²) in [5.74, 6) is 0.796. The third kappa shape index (κ3) is 4.20. The highest BCUT2D eigenvalue weighted by molar-refractivity contribution is 5.63. The normalized spacial score (nSPS) is 10.5. The molecule has 0 aliphatic rings. The first-order chi connectivity index (χ1) is 8.19. The molecule has 5 heteroatoms. The second-order valence-corrected chi connectivity index (χ2v) is 3.90. The molecule has 17 heavy (non-hydrogen) atoms. The van der Waals surface area contributed by atoms with Crippen molar-refractivity contribution < 1.29 is 9.47 Å². The summed E-state index contributed by atoms with van der Waals surface area (Å²) in [7, 11) is 3.36. The summed E-state index contributed by atoms with van der Waals surface area (Å²) in [4.78, 5) is 6.44. The number of nitrogens with two attached hydrogens (primary N) is 1. The molecule has 0 amide bonds. The van der Waals surface area contributed by atoms with Gasteiger partial charge in [0.05, 0.1) is 18.9 Å². The van der Waals surface area contributed by atoms with Gasteiger partial charge in [0.15, 0.2) is 5.82 Å². The number of pyridine rings is 1. The Bertz CT molecular complexity index is 337. The Hall–Kier alpha value is -1.33. The van der Waals surface area contributed by atoms with Crippen molar-refractivity contribution >= 4 is 11.5 Å². The second-order valence-electron chi connectivity index (χ2n) is 3.90. The van der Waals surface area contributed by atoms with E-state index in [4.69, 9.17) is 15.2 Å². The molecule has 0 saturated carbocycles. The molecule has 0 atom stereocenters. The first-order valence-corrected chi connectivity index (χ1v) is 5.64. The zero-order chi connectivity index (χ0) is 12.7. The van der Waals surface area contributed by atoms with Gasteiger partial charge in [-0.05, 0) is 18.6 Å². The molecule has 1 rings (SSSR count). The maximum Gasteiger partial charge on any atom is 0.151 e. The molecule has 0 aromatic carbocycles. The predicted octanol–water partition coefficient (Wildman–Crippen LogP) is 1.07. The van der Waals surface area contributed by atoms with Crippen molar-refractivity contribution in [3.63, 3.8) is 0 Å². The third-order valence-electron chi connectivity index (χ3n) is 2.46. The Morgan fingerprint density at radius 3 is 2.29 bits per heavy atom. The van der Waals surface area contributed by atoms with Gasteiger partial charge in [0.1, 0.15) is 0 Å². The van der Waals surface area contributed by atoms with E-state index >= 15 is 0 Å². The van der Waals surface area contributed by atoms with Crippen molar-refractivity contribution in [1.82, 2.24) is 4.98 Å². The lowest BCUT2D eigenvalue weighted by molar-refractivity contribution is 0.190. The highest BCUT2D eigenvalue weighted by Gasteiger charge is 2.11. The molecule has 0 spiro atoms. The predicted molar refractivity (Wildman–Crippen MR) is 69.4 cm³/mol. The van der Waals surface area contributed by atoms with Gasteiger partial charge in [0.25, 0.3) is 0 Å². The fourth-order valence-electron chi connectivity index (χ4n) is 1.58. The molecule has 0 aliphatic heterocycles. The lowest BCUT2D eigenvalue weighted by Gasteiger charge is -2.24. The lowest BCUT2D eigenvalue weighted by atomic mass is 10.2. The van der Waals surface area contributed by atoms with E-state index in [9.17, 15) is 0 Å². The van der Waals surface area contributed by atoms with Crippen LogP contribution in [0.2, 0.25) is 0 Å². The Balaban J connectivity index is 2.79. The molecule has 1 heterocycles. The Kier molecular flexibility index (Phi) is 5.72. The van der Waals surface area contributed by atoms with E-state index < -0.39 is 0 Å². The minimum absolute atomic E-state index is 0.638. The van der Waals surface area contributed by atoms with Crippen LogP contribution in [0, 0.1) is 6.92 Å². The minimum atomic E-state index is 0.638. The molecule has 0 fully saturated rings. The lowest BCUT2D eigenvalue weighted by Crippen LogP contribution is -2.32. The van der Waals surface area contributed by atoms with Crippen LogP contribution in [0.25, 0.3) is 0 Å². The minimum Gasteiger partial charge on any atom is -0.396 e. The number of rotatable bonds is 7. The van der Waals surface area contributed by atoms with E-state index in [2.05, 4.69) is 9.88 Å². The fourth-order valence-corrected chi connectivity index (χ4v) is 1.58. The van der Waals surface area contributed by atoms with Gasteiger partial charge in [0, 0.05) is 33.5 Å². The van der Waals surface area contributed by atoms with Crippen molar-refractivity contribution in [3.05, 3.63) is 17.8 Å². The summed E-state index contributed by atoms with van der Waals surface area (Å²) in [5, 5.41) is 0. The molecule has 1 aromatic rings. The van der Waals surface area contributed by atoms with Crippen molar-refractivity contribution in [3.8, 4) is 0 Å². The van der Waals surface area contributed by atoms with Crippen LogP contribution < -0.4 is 10.6 Å². The molecule has 2 N–H and O–H groups in total. The largest absolute Gasteiger partial charge is 0.396 e. The van der Waals surface area contributed by atoms with Gasteiger partial charge in [-0.25, -0.2) is 4.98 Å². The topological polar surface area (TPSA) is 60.6 Å². The van der Waals surface area contributed by atoms with Crippen molar-refractivity contribution in [1.29, 1.82) is 0 Å². The number of nitrogens with zero attached hydrogens (tertiary/aromatic N) is 2. The van der Waals surface area contributed by atoms with Gasteiger partial charge in [-0.15, -0.1) is 0 Å². The smallest absolute Gasteiger partial charge is 0.151 e. The number of aromatic nitrogens is 1. The van der Waals surface area contributed by atoms with E-state index in [1.807, 2.05) is 19.2 Å². The maximum atomic E-state index is 5.98. The van der Waals surface area contributed by atoms with E-state index in [0.29, 0.717) is 18.9 Å². The first-order valence-electron chi connectivity index (χ1n) is 5.64. The molecule has 0 unspecified atom stereocenters. The van der Waals surface area contributed by atoms with Crippen molar-refractivity contribution in [2.45, 2.75) is 6.92 Å². The Morgan fingerprint density at radius 2 is 1.82 bits per heavy atom. The number of aryl methyl sites for hydroxylation is 1. The van der Waals surface area contributed by atoms with E-state index in [0.717, 1.165) is 24.5 Å². The molecule has 5 nitrogen and oxygen atoms in total. The number of ether oxygens (including phenoxy) is 2. The van der Waals surface area contributed by atoms with Gasteiger partial charge < -0.3 is 20.1 Å². The highest BCUT2D eigenvalue weighted by Crippen LogP contribution is 2.20. The average molecular weight is 239 g/mol. The average Bonchev–Trinajstić information content (AvgIpc) is 2.30. The number of anilines is 2. The van der Waals surface area contributed by atoms with Gasteiger partial charge in [-0.1, -0.05) is 0 Å². The molecule has 0 bridgehead atoms. The fraction of sp³-hybridized carbons (Fsp3) is 0.583. The summed E-state index contributed by atoms with van der Waals surface area (Å²) in [6.07, 6.45) is 1.82.